The summed E-state index contributed by atoms with van der Waals surface area (Å²) in [7, 11) is 0. The van der Waals surface area contributed by atoms with E-state index in [1.54, 1.807) is 12.1 Å². The summed E-state index contributed by atoms with van der Waals surface area (Å²) in [5, 5.41) is 11.7. The van der Waals surface area contributed by atoms with Gasteiger partial charge >= 0.3 is 0 Å². The number of piperidine rings is 1. The molecule has 1 fully saturated rings. The molecule has 1 saturated heterocycles. The smallest absolute Gasteiger partial charge is 0.202 e. The van der Waals surface area contributed by atoms with Crippen molar-refractivity contribution < 1.29 is 9.52 Å². The predicted molar refractivity (Wildman–Crippen MR) is 126 cm³/mol. The van der Waals surface area contributed by atoms with E-state index >= 15 is 0 Å². The number of rotatable bonds is 4. The Bertz CT molecular complexity index is 1320. The first-order valence-electron chi connectivity index (χ1n) is 10.9. The predicted octanol–water partition coefficient (Wildman–Crippen LogP) is 5.88. The lowest BCUT2D eigenvalue weighted by Crippen LogP contribution is -2.29. The van der Waals surface area contributed by atoms with Crippen molar-refractivity contribution in [2.75, 3.05) is 13.1 Å². The van der Waals surface area contributed by atoms with Crippen LogP contribution < -0.4 is 5.43 Å². The van der Waals surface area contributed by atoms with Gasteiger partial charge in [0.05, 0.1) is 26.7 Å². The van der Waals surface area contributed by atoms with E-state index in [0.717, 1.165) is 36.1 Å². The number of aromatic hydroxyl groups is 1. The van der Waals surface area contributed by atoms with Crippen LogP contribution in [0.4, 0.5) is 0 Å². The molecule has 6 heteroatoms. The van der Waals surface area contributed by atoms with E-state index in [1.165, 1.54) is 29.6 Å². The summed E-state index contributed by atoms with van der Waals surface area (Å²) in [4.78, 5) is 20.4. The molecule has 0 bridgehead atoms. The van der Waals surface area contributed by atoms with Crippen LogP contribution in [0.2, 0.25) is 0 Å². The third kappa shape index (κ3) is 3.64. The van der Waals surface area contributed by atoms with Gasteiger partial charge in [-0.2, -0.15) is 0 Å². The highest BCUT2D eigenvalue weighted by Crippen LogP contribution is 2.35. The van der Waals surface area contributed by atoms with Gasteiger partial charge in [-0.1, -0.05) is 32.4 Å². The van der Waals surface area contributed by atoms with Crippen LogP contribution in [0.1, 0.15) is 50.2 Å². The Balaban J connectivity index is 1.61. The second-order valence-electron chi connectivity index (χ2n) is 8.62. The van der Waals surface area contributed by atoms with Crippen LogP contribution in [-0.2, 0) is 6.54 Å². The van der Waals surface area contributed by atoms with E-state index in [1.807, 2.05) is 12.1 Å². The second-order valence-corrected chi connectivity index (χ2v) is 9.62. The van der Waals surface area contributed by atoms with Crippen molar-refractivity contribution in [2.45, 2.75) is 45.6 Å². The molecule has 0 atom stereocenters. The van der Waals surface area contributed by atoms with Gasteiger partial charge in [0.15, 0.2) is 0 Å². The molecule has 2 aromatic carbocycles. The molecule has 2 aromatic heterocycles. The van der Waals surface area contributed by atoms with E-state index < -0.39 is 0 Å². The lowest BCUT2D eigenvalue weighted by atomic mass is 10.0. The molecule has 0 aliphatic carbocycles. The number of aromatic nitrogens is 1. The maximum Gasteiger partial charge on any atom is 0.202 e. The fourth-order valence-electron chi connectivity index (χ4n) is 4.43. The van der Waals surface area contributed by atoms with Gasteiger partial charge in [0.2, 0.25) is 5.43 Å². The Morgan fingerprint density at radius 2 is 1.97 bits per heavy atom. The van der Waals surface area contributed by atoms with Crippen molar-refractivity contribution in [1.29, 1.82) is 0 Å². The standard InChI is InChI=1S/C25H26N2O3S/c1-15(2)16-7-6-8-20-24(16)31-25(26-20)19-14-30-23-17(22(19)29)9-10-21(28)18(23)13-27-11-4-3-5-12-27/h6-10,14-15,28H,3-5,11-13H2,1-2H3. The molecule has 0 spiro atoms. The third-order valence-corrected chi connectivity index (χ3v) is 7.30. The van der Waals surface area contributed by atoms with Crippen molar-refractivity contribution in [2.24, 2.45) is 0 Å². The molecule has 5 nitrogen and oxygen atoms in total. The summed E-state index contributed by atoms with van der Waals surface area (Å²) in [5.41, 5.74) is 3.67. The van der Waals surface area contributed by atoms with Crippen LogP contribution in [0, 0.1) is 0 Å². The fourth-order valence-corrected chi connectivity index (χ4v) is 5.66. The minimum absolute atomic E-state index is 0.105. The first-order chi connectivity index (χ1) is 15.0. The van der Waals surface area contributed by atoms with Crippen LogP contribution >= 0.6 is 11.3 Å². The summed E-state index contributed by atoms with van der Waals surface area (Å²) in [6.45, 7) is 6.91. The average Bonchev–Trinajstić information content (AvgIpc) is 3.20. The van der Waals surface area contributed by atoms with Crippen LogP contribution in [0.25, 0.3) is 31.8 Å². The Labute approximate surface area is 185 Å². The first-order valence-corrected chi connectivity index (χ1v) is 11.7. The van der Waals surface area contributed by atoms with E-state index in [-0.39, 0.29) is 11.2 Å². The Hall–Kier alpha value is -2.70. The minimum atomic E-state index is -0.105. The molecular weight excluding hydrogens is 408 g/mol. The third-order valence-electron chi connectivity index (χ3n) is 6.15. The van der Waals surface area contributed by atoms with Gasteiger partial charge in [-0.05, 0) is 55.6 Å². The zero-order valence-electron chi connectivity index (χ0n) is 17.9. The van der Waals surface area contributed by atoms with E-state index in [0.29, 0.717) is 39.6 Å². The highest BCUT2D eigenvalue weighted by molar-refractivity contribution is 7.21. The van der Waals surface area contributed by atoms with Gasteiger partial charge in [0.1, 0.15) is 22.6 Å². The minimum Gasteiger partial charge on any atom is -0.507 e. The fraction of sp³-hybridized carbons (Fsp3) is 0.360. The maximum absolute atomic E-state index is 13.4. The normalized spacial score (nSPS) is 15.3. The van der Waals surface area contributed by atoms with E-state index in [4.69, 9.17) is 9.40 Å². The SMILES string of the molecule is CC(C)c1cccc2nc(-c3coc4c(CN5CCCCC5)c(O)ccc4c3=O)sc12. The molecule has 0 radical (unpaired) electrons. The highest BCUT2D eigenvalue weighted by Gasteiger charge is 2.20. The molecule has 160 valence electrons. The molecule has 3 heterocycles. The number of likely N-dealkylation sites (tertiary alicyclic amines) is 1. The van der Waals surface area contributed by atoms with Crippen LogP contribution in [-0.4, -0.2) is 28.1 Å². The molecule has 0 saturated carbocycles. The first kappa shape index (κ1) is 20.2. The summed E-state index contributed by atoms with van der Waals surface area (Å²) in [6, 6.07) is 9.38. The maximum atomic E-state index is 13.4. The van der Waals surface area contributed by atoms with Crippen molar-refractivity contribution in [3.05, 3.63) is 57.9 Å². The molecular formula is C25H26N2O3S. The summed E-state index contributed by atoms with van der Waals surface area (Å²) < 4.78 is 7.10. The topological polar surface area (TPSA) is 66.6 Å². The van der Waals surface area contributed by atoms with Crippen molar-refractivity contribution >= 4 is 32.5 Å². The molecule has 4 aromatic rings. The average molecular weight is 435 g/mol. The molecule has 31 heavy (non-hydrogen) atoms. The van der Waals surface area contributed by atoms with Crippen molar-refractivity contribution in [1.82, 2.24) is 9.88 Å². The second kappa shape index (κ2) is 8.09. The Kier molecular flexibility index (Phi) is 5.28. The molecule has 1 N–H and O–H groups in total. The number of hydrogen-bond acceptors (Lipinski definition) is 6. The lowest BCUT2D eigenvalue weighted by molar-refractivity contribution is 0.218. The quantitative estimate of drug-likeness (QED) is 0.434. The van der Waals surface area contributed by atoms with Crippen LogP contribution in [0.3, 0.4) is 0 Å². The van der Waals surface area contributed by atoms with Crippen molar-refractivity contribution in [3.63, 3.8) is 0 Å². The van der Waals surface area contributed by atoms with Gasteiger partial charge in [-0.15, -0.1) is 11.3 Å². The Morgan fingerprint density at radius 1 is 1.16 bits per heavy atom. The van der Waals surface area contributed by atoms with E-state index in [9.17, 15) is 9.90 Å². The number of hydrogen-bond donors (Lipinski definition) is 1. The van der Waals surface area contributed by atoms with Crippen molar-refractivity contribution in [3.8, 4) is 16.3 Å². The van der Waals surface area contributed by atoms with Crippen LogP contribution in [0.15, 0.2) is 45.8 Å². The highest BCUT2D eigenvalue weighted by atomic mass is 32.1. The summed E-state index contributed by atoms with van der Waals surface area (Å²) in [5.74, 6) is 0.556. The number of phenolic OH excluding ortho intramolecular Hbond substituents is 1. The monoisotopic (exact) mass is 434 g/mol. The zero-order valence-corrected chi connectivity index (χ0v) is 18.7. The molecule has 5 rings (SSSR count). The molecule has 0 amide bonds. The van der Waals surface area contributed by atoms with Gasteiger partial charge in [-0.3, -0.25) is 9.69 Å². The van der Waals surface area contributed by atoms with E-state index in [2.05, 4.69) is 24.8 Å². The number of fused-ring (bicyclic) bond motifs is 2. The summed E-state index contributed by atoms with van der Waals surface area (Å²) >= 11 is 1.54. The molecule has 0 unspecified atom stereocenters. The van der Waals surface area contributed by atoms with Gasteiger partial charge in [0.25, 0.3) is 0 Å². The molecule has 1 aliphatic heterocycles. The summed E-state index contributed by atoms with van der Waals surface area (Å²) in [6.07, 6.45) is 5.08. The molecule has 1 aliphatic rings. The van der Waals surface area contributed by atoms with Gasteiger partial charge < -0.3 is 9.52 Å². The van der Waals surface area contributed by atoms with Gasteiger partial charge in [0, 0.05) is 6.54 Å². The van der Waals surface area contributed by atoms with Gasteiger partial charge in [-0.25, -0.2) is 4.98 Å². The number of thiazole rings is 1. The van der Waals surface area contributed by atoms with Crippen LogP contribution in [0.5, 0.6) is 5.75 Å². The number of nitrogens with zero attached hydrogens (tertiary/aromatic N) is 2. The zero-order chi connectivity index (χ0) is 21.5. The number of benzene rings is 2. The Morgan fingerprint density at radius 3 is 2.74 bits per heavy atom. The lowest BCUT2D eigenvalue weighted by Gasteiger charge is -2.26. The number of phenols is 1. The largest absolute Gasteiger partial charge is 0.507 e.